The maximum atomic E-state index is 13.7. The van der Waals surface area contributed by atoms with Crippen LogP contribution >= 0.6 is 11.6 Å². The Balaban J connectivity index is 1.84. The van der Waals surface area contributed by atoms with Crippen molar-refractivity contribution in [2.45, 2.75) is 6.54 Å². The van der Waals surface area contributed by atoms with Crippen molar-refractivity contribution in [2.75, 3.05) is 0 Å². The molecule has 7 nitrogen and oxygen atoms in total. The van der Waals surface area contributed by atoms with Gasteiger partial charge in [-0.2, -0.15) is 4.80 Å². The van der Waals surface area contributed by atoms with Crippen molar-refractivity contribution in [2.24, 2.45) is 0 Å². The number of benzene rings is 2. The number of hydrogen-bond acceptors (Lipinski definition) is 5. The largest absolute Gasteiger partial charge is 0.269 e. The summed E-state index contributed by atoms with van der Waals surface area (Å²) in [4.78, 5) is 11.3. The van der Waals surface area contributed by atoms with Crippen LogP contribution in [0, 0.1) is 15.9 Å². The van der Waals surface area contributed by atoms with Crippen molar-refractivity contribution in [3.05, 3.63) is 69.0 Å². The van der Waals surface area contributed by atoms with Gasteiger partial charge in [-0.3, -0.25) is 10.1 Å². The Morgan fingerprint density at radius 1 is 1.22 bits per heavy atom. The van der Waals surface area contributed by atoms with E-state index in [0.29, 0.717) is 5.56 Å². The van der Waals surface area contributed by atoms with E-state index in [0.717, 1.165) is 0 Å². The number of hydrogen-bond donors (Lipinski definition) is 0. The summed E-state index contributed by atoms with van der Waals surface area (Å²) < 4.78 is 13.7. The Bertz CT molecular complexity index is 846. The quantitative estimate of drug-likeness (QED) is 0.541. The minimum absolute atomic E-state index is 0.0284. The first kappa shape index (κ1) is 15.0. The summed E-state index contributed by atoms with van der Waals surface area (Å²) in [5.74, 6) is -0.168. The lowest BCUT2D eigenvalue weighted by molar-refractivity contribution is -0.384. The zero-order valence-corrected chi connectivity index (χ0v) is 12.3. The molecule has 0 radical (unpaired) electrons. The molecule has 116 valence electrons. The van der Waals surface area contributed by atoms with Gasteiger partial charge in [-0.25, -0.2) is 4.39 Å². The number of aromatic nitrogens is 4. The van der Waals surface area contributed by atoms with E-state index in [-0.39, 0.29) is 28.6 Å². The van der Waals surface area contributed by atoms with Crippen LogP contribution in [-0.2, 0) is 6.54 Å². The van der Waals surface area contributed by atoms with Crippen LogP contribution in [-0.4, -0.2) is 25.1 Å². The van der Waals surface area contributed by atoms with E-state index in [1.54, 1.807) is 6.07 Å². The first-order valence-electron chi connectivity index (χ1n) is 6.50. The lowest BCUT2D eigenvalue weighted by atomic mass is 10.2. The molecular formula is C14H9ClFN5O2. The van der Waals surface area contributed by atoms with Crippen molar-refractivity contribution in [1.29, 1.82) is 0 Å². The van der Waals surface area contributed by atoms with E-state index in [1.807, 2.05) is 0 Å². The van der Waals surface area contributed by atoms with Gasteiger partial charge in [0.15, 0.2) is 0 Å². The molecule has 0 spiro atoms. The summed E-state index contributed by atoms with van der Waals surface area (Å²) in [5, 5.41) is 22.7. The first-order chi connectivity index (χ1) is 11.0. The van der Waals surface area contributed by atoms with Crippen LogP contribution in [0.2, 0.25) is 5.02 Å². The third-order valence-electron chi connectivity index (χ3n) is 3.15. The van der Waals surface area contributed by atoms with Crippen LogP contribution in [0.25, 0.3) is 11.4 Å². The molecule has 1 heterocycles. The van der Waals surface area contributed by atoms with Gasteiger partial charge >= 0.3 is 0 Å². The zero-order chi connectivity index (χ0) is 16.4. The Morgan fingerprint density at radius 3 is 2.61 bits per heavy atom. The number of rotatable bonds is 4. The Hall–Kier alpha value is -2.87. The average Bonchev–Trinajstić information content (AvgIpc) is 3.00. The second-order valence-electron chi connectivity index (χ2n) is 4.65. The van der Waals surface area contributed by atoms with Gasteiger partial charge in [0.2, 0.25) is 5.82 Å². The van der Waals surface area contributed by atoms with E-state index >= 15 is 0 Å². The van der Waals surface area contributed by atoms with E-state index in [4.69, 9.17) is 11.6 Å². The zero-order valence-electron chi connectivity index (χ0n) is 11.6. The molecule has 0 bridgehead atoms. The molecule has 0 aliphatic rings. The first-order valence-corrected chi connectivity index (χ1v) is 6.88. The number of nitro groups is 1. The fourth-order valence-electron chi connectivity index (χ4n) is 1.98. The van der Waals surface area contributed by atoms with Gasteiger partial charge in [0.05, 0.1) is 11.5 Å². The van der Waals surface area contributed by atoms with Crippen LogP contribution in [0.4, 0.5) is 10.1 Å². The molecule has 9 heteroatoms. The lowest BCUT2D eigenvalue weighted by Gasteiger charge is -2.03. The van der Waals surface area contributed by atoms with Crippen molar-refractivity contribution >= 4 is 17.3 Å². The second kappa shape index (κ2) is 6.09. The lowest BCUT2D eigenvalue weighted by Crippen LogP contribution is -2.06. The molecule has 3 rings (SSSR count). The van der Waals surface area contributed by atoms with Crippen molar-refractivity contribution in [3.63, 3.8) is 0 Å². The Kier molecular flexibility index (Phi) is 3.98. The molecule has 0 unspecified atom stereocenters. The summed E-state index contributed by atoms with van der Waals surface area (Å²) in [6, 6.07) is 10.1. The van der Waals surface area contributed by atoms with Crippen molar-refractivity contribution < 1.29 is 9.31 Å². The summed E-state index contributed by atoms with van der Waals surface area (Å²) in [6.45, 7) is 0.0332. The fraction of sp³-hybridized carbons (Fsp3) is 0.0714. The number of nitrogens with zero attached hydrogens (tertiary/aromatic N) is 5. The molecule has 23 heavy (non-hydrogen) atoms. The van der Waals surface area contributed by atoms with Gasteiger partial charge < -0.3 is 0 Å². The maximum absolute atomic E-state index is 13.7. The van der Waals surface area contributed by atoms with Crippen LogP contribution in [0.5, 0.6) is 0 Å². The molecule has 3 aromatic rings. The molecule has 0 N–H and O–H groups in total. The smallest absolute Gasteiger partial charge is 0.258 e. The summed E-state index contributed by atoms with van der Waals surface area (Å²) >= 11 is 5.96. The van der Waals surface area contributed by atoms with Gasteiger partial charge in [-0.05, 0) is 29.5 Å². The third kappa shape index (κ3) is 3.16. The van der Waals surface area contributed by atoms with Crippen molar-refractivity contribution in [1.82, 2.24) is 20.2 Å². The van der Waals surface area contributed by atoms with Crippen LogP contribution < -0.4 is 0 Å². The molecule has 0 saturated heterocycles. The van der Waals surface area contributed by atoms with Gasteiger partial charge in [0.1, 0.15) is 5.82 Å². The summed E-state index contributed by atoms with van der Waals surface area (Å²) in [6.07, 6.45) is 0. The number of halogens is 2. The molecule has 2 aromatic carbocycles. The second-order valence-corrected chi connectivity index (χ2v) is 5.05. The van der Waals surface area contributed by atoms with Crippen LogP contribution in [0.15, 0.2) is 42.5 Å². The van der Waals surface area contributed by atoms with Crippen LogP contribution in [0.3, 0.4) is 0 Å². The molecule has 0 aliphatic carbocycles. The van der Waals surface area contributed by atoms with Gasteiger partial charge in [-0.15, -0.1) is 10.2 Å². The maximum Gasteiger partial charge on any atom is 0.269 e. The standard InChI is InChI=1S/C14H9ClFN5O2/c15-12-2-1-3-13(16)11(12)8-20-18-14(17-19-20)9-4-6-10(7-5-9)21(22)23/h1-7H,8H2. The minimum atomic E-state index is -0.492. The third-order valence-corrected chi connectivity index (χ3v) is 3.50. The number of non-ortho nitro benzene ring substituents is 1. The highest BCUT2D eigenvalue weighted by Gasteiger charge is 2.12. The molecule has 0 atom stereocenters. The highest BCUT2D eigenvalue weighted by Crippen LogP contribution is 2.21. The Labute approximate surface area is 134 Å². The molecular weight excluding hydrogens is 325 g/mol. The topological polar surface area (TPSA) is 86.7 Å². The van der Waals surface area contributed by atoms with Gasteiger partial charge in [-0.1, -0.05) is 17.7 Å². The van der Waals surface area contributed by atoms with E-state index in [2.05, 4.69) is 15.4 Å². The minimum Gasteiger partial charge on any atom is -0.258 e. The van der Waals surface area contributed by atoms with Crippen molar-refractivity contribution in [3.8, 4) is 11.4 Å². The SMILES string of the molecule is O=[N+]([O-])c1ccc(-c2nnn(Cc3c(F)cccc3Cl)n2)cc1. The normalized spacial score (nSPS) is 10.7. The Morgan fingerprint density at radius 2 is 1.96 bits per heavy atom. The highest BCUT2D eigenvalue weighted by atomic mass is 35.5. The summed E-state index contributed by atoms with van der Waals surface area (Å²) in [7, 11) is 0. The molecule has 0 amide bonds. The van der Waals surface area contributed by atoms with Gasteiger partial charge in [0.25, 0.3) is 5.69 Å². The van der Waals surface area contributed by atoms with Crippen LogP contribution in [0.1, 0.15) is 5.56 Å². The molecule has 0 saturated carbocycles. The predicted octanol–water partition coefficient (Wildman–Crippen LogP) is 3.09. The fourth-order valence-corrected chi connectivity index (χ4v) is 2.21. The average molecular weight is 334 g/mol. The number of tetrazole rings is 1. The predicted molar refractivity (Wildman–Crippen MR) is 80.4 cm³/mol. The summed E-state index contributed by atoms with van der Waals surface area (Å²) in [5.41, 5.74) is 0.808. The van der Waals surface area contributed by atoms with Gasteiger partial charge in [0, 0.05) is 28.3 Å². The van der Waals surface area contributed by atoms with E-state index < -0.39 is 10.7 Å². The number of nitro benzene ring substituents is 1. The molecule has 1 aromatic heterocycles. The molecule has 0 fully saturated rings. The molecule has 0 aliphatic heterocycles. The van der Waals surface area contributed by atoms with E-state index in [9.17, 15) is 14.5 Å². The van der Waals surface area contributed by atoms with E-state index in [1.165, 1.54) is 41.2 Å². The monoisotopic (exact) mass is 333 g/mol. The highest BCUT2D eigenvalue weighted by molar-refractivity contribution is 6.31.